The lowest BCUT2D eigenvalue weighted by molar-refractivity contribution is -0.138. The first kappa shape index (κ1) is 23.7. The predicted molar refractivity (Wildman–Crippen MR) is 121 cm³/mol. The molecular weight excluding hydrogens is 469 g/mol. The van der Waals surface area contributed by atoms with Crippen molar-refractivity contribution in [2.45, 2.75) is 30.6 Å². The average molecular weight is 491 g/mol. The van der Waals surface area contributed by atoms with Gasteiger partial charge in [-0.05, 0) is 55.0 Å². The summed E-state index contributed by atoms with van der Waals surface area (Å²) in [7, 11) is 1.21. The summed E-state index contributed by atoms with van der Waals surface area (Å²) in [4.78, 5) is 16.8. The summed E-state index contributed by atoms with van der Waals surface area (Å²) in [6.45, 7) is 2.36. The first-order chi connectivity index (χ1) is 16.3. The number of nitrogens with zero attached hydrogens (tertiary/aromatic N) is 2. The van der Waals surface area contributed by atoms with Gasteiger partial charge in [0.05, 0.1) is 48.7 Å². The number of hydrogen-bond donors (Lipinski definition) is 0. The fourth-order valence-corrected chi connectivity index (χ4v) is 4.44. The van der Waals surface area contributed by atoms with Gasteiger partial charge in [-0.25, -0.2) is 9.78 Å². The molecule has 0 unspecified atom stereocenters. The van der Waals surface area contributed by atoms with Crippen molar-refractivity contribution in [3.63, 3.8) is 0 Å². The molecule has 4 rings (SSSR count). The molecule has 6 nitrogen and oxygen atoms in total. The van der Waals surface area contributed by atoms with E-state index < -0.39 is 17.7 Å². The number of benzene rings is 2. The lowest BCUT2D eigenvalue weighted by atomic mass is 10.1. The van der Waals surface area contributed by atoms with Crippen molar-refractivity contribution in [1.29, 1.82) is 0 Å². The maximum atomic E-state index is 13.4. The largest absolute Gasteiger partial charge is 0.496 e. The molecule has 0 fully saturated rings. The van der Waals surface area contributed by atoms with E-state index in [1.807, 2.05) is 10.6 Å². The Hall–Kier alpha value is -3.40. The highest BCUT2D eigenvalue weighted by Gasteiger charge is 2.34. The van der Waals surface area contributed by atoms with Gasteiger partial charge in [-0.1, -0.05) is 17.8 Å². The van der Waals surface area contributed by atoms with E-state index in [1.54, 1.807) is 43.5 Å². The molecule has 0 aliphatic heterocycles. The van der Waals surface area contributed by atoms with Crippen molar-refractivity contribution in [1.82, 2.24) is 9.55 Å². The third-order valence-electron chi connectivity index (χ3n) is 5.06. The van der Waals surface area contributed by atoms with Crippen LogP contribution in [0.4, 0.5) is 13.2 Å². The number of halogens is 3. The van der Waals surface area contributed by atoms with E-state index in [4.69, 9.17) is 13.9 Å². The molecule has 0 aliphatic rings. The Morgan fingerprint density at radius 1 is 1.18 bits per heavy atom. The number of rotatable bonds is 8. The Labute approximate surface area is 197 Å². The highest BCUT2D eigenvalue weighted by Crippen LogP contribution is 2.38. The van der Waals surface area contributed by atoms with Crippen LogP contribution in [0.25, 0.3) is 11.0 Å². The van der Waals surface area contributed by atoms with Crippen LogP contribution in [0, 0.1) is 0 Å². The maximum Gasteiger partial charge on any atom is 0.419 e. The molecule has 0 atom stereocenters. The minimum absolute atomic E-state index is 0.224. The number of hydrogen-bond acceptors (Lipinski definition) is 6. The Bertz CT molecular complexity index is 1300. The number of aromatic nitrogens is 2. The molecule has 0 aliphatic carbocycles. The van der Waals surface area contributed by atoms with Crippen LogP contribution in [-0.2, 0) is 23.2 Å². The van der Waals surface area contributed by atoms with Crippen molar-refractivity contribution in [2.75, 3.05) is 13.7 Å². The maximum absolute atomic E-state index is 13.4. The second-order valence-electron chi connectivity index (χ2n) is 7.30. The van der Waals surface area contributed by atoms with E-state index in [9.17, 15) is 18.0 Å². The molecule has 0 saturated carbocycles. The van der Waals surface area contributed by atoms with Gasteiger partial charge in [0.2, 0.25) is 0 Å². The van der Waals surface area contributed by atoms with Crippen LogP contribution in [0.15, 0.2) is 64.4 Å². The van der Waals surface area contributed by atoms with E-state index >= 15 is 0 Å². The number of carbonyl (C=O) groups is 1. The molecule has 4 aromatic rings. The van der Waals surface area contributed by atoms with E-state index in [0.29, 0.717) is 34.1 Å². The predicted octanol–water partition coefficient (Wildman–Crippen LogP) is 6.17. The van der Waals surface area contributed by atoms with Crippen LogP contribution in [-0.4, -0.2) is 29.2 Å². The Kier molecular flexibility index (Phi) is 6.87. The fraction of sp³-hybridized carbons (Fsp3) is 0.250. The number of esters is 1. The van der Waals surface area contributed by atoms with Crippen LogP contribution in [0.2, 0.25) is 0 Å². The summed E-state index contributed by atoms with van der Waals surface area (Å²) in [5.74, 6) is 0.272. The number of methoxy groups -OCH3 is 1. The lowest BCUT2D eigenvalue weighted by Gasteiger charge is -2.13. The SMILES string of the molecule is CCOC(=O)c1ccc2c(c1)nc(SCc1ccc(OC)c(C(F)(F)F)c1)n2Cc1ccco1. The summed E-state index contributed by atoms with van der Waals surface area (Å²) < 4.78 is 57.5. The van der Waals surface area contributed by atoms with Crippen molar-refractivity contribution >= 4 is 28.8 Å². The molecule has 2 aromatic heterocycles. The molecule has 10 heteroatoms. The normalized spacial score (nSPS) is 11.7. The van der Waals surface area contributed by atoms with Crippen molar-refractivity contribution in [3.05, 3.63) is 77.2 Å². The highest BCUT2D eigenvalue weighted by molar-refractivity contribution is 7.98. The molecule has 2 aromatic carbocycles. The first-order valence-corrected chi connectivity index (χ1v) is 11.4. The zero-order chi connectivity index (χ0) is 24.3. The summed E-state index contributed by atoms with van der Waals surface area (Å²) >= 11 is 1.29. The van der Waals surface area contributed by atoms with Gasteiger partial charge in [0.25, 0.3) is 0 Å². The quantitative estimate of drug-likeness (QED) is 0.217. The fourth-order valence-electron chi connectivity index (χ4n) is 3.48. The molecule has 0 N–H and O–H groups in total. The second kappa shape index (κ2) is 9.84. The van der Waals surface area contributed by atoms with Gasteiger partial charge >= 0.3 is 12.1 Å². The Balaban J connectivity index is 1.67. The summed E-state index contributed by atoms with van der Waals surface area (Å²) in [6.07, 6.45) is -2.96. The van der Waals surface area contributed by atoms with Crippen molar-refractivity contribution in [2.24, 2.45) is 0 Å². The molecule has 2 heterocycles. The van der Waals surface area contributed by atoms with E-state index in [1.165, 1.54) is 24.9 Å². The number of alkyl halides is 3. The minimum atomic E-state index is -4.53. The summed E-state index contributed by atoms with van der Waals surface area (Å²) in [6, 6.07) is 12.7. The molecule has 0 amide bonds. The van der Waals surface area contributed by atoms with Crippen molar-refractivity contribution < 1.29 is 31.9 Å². The van der Waals surface area contributed by atoms with Gasteiger partial charge in [0.1, 0.15) is 11.5 Å². The smallest absolute Gasteiger partial charge is 0.419 e. The first-order valence-electron chi connectivity index (χ1n) is 10.4. The van der Waals surface area contributed by atoms with Gasteiger partial charge in [0, 0.05) is 5.75 Å². The number of thioether (sulfide) groups is 1. The zero-order valence-corrected chi connectivity index (χ0v) is 19.2. The molecule has 0 saturated heterocycles. The van der Waals surface area contributed by atoms with Crippen LogP contribution in [0.1, 0.15) is 34.2 Å². The van der Waals surface area contributed by atoms with E-state index in [-0.39, 0.29) is 18.1 Å². The van der Waals surface area contributed by atoms with Crippen LogP contribution in [0.3, 0.4) is 0 Å². The van der Waals surface area contributed by atoms with Gasteiger partial charge in [0.15, 0.2) is 5.16 Å². The number of carbonyl (C=O) groups excluding carboxylic acids is 1. The number of fused-ring (bicyclic) bond motifs is 1. The topological polar surface area (TPSA) is 66.5 Å². The van der Waals surface area contributed by atoms with Crippen LogP contribution >= 0.6 is 11.8 Å². The minimum Gasteiger partial charge on any atom is -0.496 e. The summed E-state index contributed by atoms with van der Waals surface area (Å²) in [5, 5.41) is 0.580. The monoisotopic (exact) mass is 490 g/mol. The second-order valence-corrected chi connectivity index (χ2v) is 8.25. The highest BCUT2D eigenvalue weighted by atomic mass is 32.2. The summed E-state index contributed by atoms with van der Waals surface area (Å²) in [5.41, 5.74) is 1.36. The Morgan fingerprint density at radius 2 is 2.00 bits per heavy atom. The molecule has 0 spiro atoms. The standard InChI is InChI=1S/C24H21F3N2O4S/c1-3-32-22(30)16-7-8-20-19(12-16)28-23(29(20)13-17-5-4-10-33-17)34-14-15-6-9-21(31-2)18(11-15)24(25,26)27/h4-12H,3,13-14H2,1-2H3. The Morgan fingerprint density at radius 3 is 2.68 bits per heavy atom. The van der Waals surface area contributed by atoms with Gasteiger partial charge in [-0.3, -0.25) is 0 Å². The number of imidazole rings is 1. The third-order valence-corrected chi connectivity index (χ3v) is 6.10. The number of furan rings is 1. The van der Waals surface area contributed by atoms with E-state index in [2.05, 4.69) is 4.98 Å². The van der Waals surface area contributed by atoms with Crippen LogP contribution < -0.4 is 4.74 Å². The zero-order valence-electron chi connectivity index (χ0n) is 18.4. The molecule has 34 heavy (non-hydrogen) atoms. The third kappa shape index (κ3) is 5.06. The van der Waals surface area contributed by atoms with E-state index in [0.717, 1.165) is 11.6 Å². The van der Waals surface area contributed by atoms with Crippen LogP contribution in [0.5, 0.6) is 5.75 Å². The molecule has 0 bridgehead atoms. The van der Waals surface area contributed by atoms with Gasteiger partial charge < -0.3 is 18.5 Å². The van der Waals surface area contributed by atoms with Gasteiger partial charge in [-0.15, -0.1) is 0 Å². The average Bonchev–Trinajstić information content (AvgIpc) is 3.45. The molecule has 178 valence electrons. The van der Waals surface area contributed by atoms with Gasteiger partial charge in [-0.2, -0.15) is 13.2 Å². The van der Waals surface area contributed by atoms with Crippen molar-refractivity contribution in [3.8, 4) is 5.75 Å². The lowest BCUT2D eigenvalue weighted by Crippen LogP contribution is -2.08. The molecular formula is C24H21F3N2O4S. The number of ether oxygens (including phenoxy) is 2. The molecule has 0 radical (unpaired) electrons.